The Morgan fingerprint density at radius 1 is 1.38 bits per heavy atom. The number of nitro benzene ring substituents is 1. The maximum Gasteiger partial charge on any atom is 0.312 e. The molecule has 0 spiro atoms. The largest absolute Gasteiger partial charge is 0.502 e. The number of phenolic OH excluding ortho intramolecular Hbond substituents is 1. The summed E-state index contributed by atoms with van der Waals surface area (Å²) in [7, 11) is -3.80. The van der Waals surface area contributed by atoms with Gasteiger partial charge in [0, 0.05) is 12.6 Å². The molecule has 1 fully saturated rings. The van der Waals surface area contributed by atoms with E-state index in [1.165, 1.54) is 0 Å². The highest BCUT2D eigenvalue weighted by atomic mass is 32.2. The lowest BCUT2D eigenvalue weighted by atomic mass is 10.0. The van der Waals surface area contributed by atoms with Crippen LogP contribution in [0, 0.1) is 16.0 Å². The third-order valence-electron chi connectivity index (χ3n) is 3.36. The van der Waals surface area contributed by atoms with E-state index in [4.69, 9.17) is 0 Å². The number of sulfonamides is 1. The Morgan fingerprint density at radius 2 is 2.05 bits per heavy atom. The van der Waals surface area contributed by atoms with Gasteiger partial charge in [0.25, 0.3) is 0 Å². The van der Waals surface area contributed by atoms with Crippen molar-refractivity contribution in [3.8, 4) is 5.75 Å². The molecular weight excluding hydrogens is 316 g/mol. The van der Waals surface area contributed by atoms with Crippen molar-refractivity contribution >= 4 is 27.5 Å². The third kappa shape index (κ3) is 4.08. The third-order valence-corrected chi connectivity index (χ3v) is 5.83. The van der Waals surface area contributed by atoms with Gasteiger partial charge in [0.2, 0.25) is 10.0 Å². The fourth-order valence-corrected chi connectivity index (χ4v) is 4.42. The zero-order chi connectivity index (χ0) is 15.5. The van der Waals surface area contributed by atoms with Crippen molar-refractivity contribution in [1.29, 1.82) is 0 Å². The first kappa shape index (κ1) is 16.1. The molecule has 1 aromatic carbocycles. The second-order valence-corrected chi connectivity index (χ2v) is 7.81. The van der Waals surface area contributed by atoms with E-state index in [1.807, 2.05) is 11.8 Å². The molecular formula is C12H16N2O5S2. The van der Waals surface area contributed by atoms with Gasteiger partial charge in [-0.15, -0.1) is 0 Å². The fourth-order valence-electron chi connectivity index (χ4n) is 2.08. The standard InChI is InChI=1S/C12H16N2O5S2/c15-12-2-1-10(7-11(12)14(16)17)21(18,19)13-8-9-3-5-20-6-4-9/h1-2,7,9,13,15H,3-6,8H2. The maximum atomic E-state index is 12.1. The second kappa shape index (κ2) is 6.63. The summed E-state index contributed by atoms with van der Waals surface area (Å²) in [6.45, 7) is 0.331. The van der Waals surface area contributed by atoms with Crippen LogP contribution in [0.15, 0.2) is 23.1 Å². The van der Waals surface area contributed by atoms with Gasteiger partial charge in [0.15, 0.2) is 5.75 Å². The van der Waals surface area contributed by atoms with E-state index in [0.717, 1.165) is 42.5 Å². The van der Waals surface area contributed by atoms with Gasteiger partial charge < -0.3 is 5.11 Å². The average molecular weight is 332 g/mol. The summed E-state index contributed by atoms with van der Waals surface area (Å²) in [5.74, 6) is 1.80. The normalized spacial score (nSPS) is 16.8. The molecule has 0 bridgehead atoms. The number of nitrogens with zero attached hydrogens (tertiary/aromatic N) is 1. The van der Waals surface area contributed by atoms with Crippen molar-refractivity contribution < 1.29 is 18.4 Å². The van der Waals surface area contributed by atoms with Crippen LogP contribution >= 0.6 is 11.8 Å². The SMILES string of the molecule is O=[N+]([O-])c1cc(S(=O)(=O)NCC2CCSCC2)ccc1O. The minimum atomic E-state index is -3.80. The van der Waals surface area contributed by atoms with Crippen LogP contribution in [0.5, 0.6) is 5.75 Å². The summed E-state index contributed by atoms with van der Waals surface area (Å²) in [6, 6.07) is 3.04. The Kier molecular flexibility index (Phi) is 5.07. The number of thioether (sulfide) groups is 1. The van der Waals surface area contributed by atoms with Gasteiger partial charge >= 0.3 is 5.69 Å². The lowest BCUT2D eigenvalue weighted by Crippen LogP contribution is -2.31. The van der Waals surface area contributed by atoms with Gasteiger partial charge in [-0.05, 0) is 42.4 Å². The summed E-state index contributed by atoms with van der Waals surface area (Å²) in [5.41, 5.74) is -0.619. The van der Waals surface area contributed by atoms with Crippen molar-refractivity contribution in [1.82, 2.24) is 4.72 Å². The van der Waals surface area contributed by atoms with Crippen molar-refractivity contribution in [3.63, 3.8) is 0 Å². The summed E-state index contributed by atoms with van der Waals surface area (Å²) in [4.78, 5) is 9.71. The first-order valence-electron chi connectivity index (χ1n) is 6.45. The molecule has 21 heavy (non-hydrogen) atoms. The van der Waals surface area contributed by atoms with E-state index in [9.17, 15) is 23.6 Å². The first-order chi connectivity index (χ1) is 9.90. The molecule has 1 heterocycles. The number of rotatable bonds is 5. The lowest BCUT2D eigenvalue weighted by Gasteiger charge is -2.21. The molecule has 116 valence electrons. The molecule has 1 aromatic rings. The molecule has 0 radical (unpaired) electrons. The van der Waals surface area contributed by atoms with Crippen LogP contribution in [0.4, 0.5) is 5.69 Å². The van der Waals surface area contributed by atoms with Gasteiger partial charge in [-0.25, -0.2) is 13.1 Å². The van der Waals surface area contributed by atoms with Gasteiger partial charge in [-0.2, -0.15) is 11.8 Å². The Hall–Kier alpha value is -1.32. The molecule has 0 unspecified atom stereocenters. The minimum Gasteiger partial charge on any atom is -0.502 e. The Labute approximate surface area is 126 Å². The quantitative estimate of drug-likeness (QED) is 0.627. The Balaban J connectivity index is 2.11. The van der Waals surface area contributed by atoms with Crippen LogP contribution in [0.25, 0.3) is 0 Å². The number of nitrogens with one attached hydrogen (secondary N) is 1. The van der Waals surface area contributed by atoms with Crippen LogP contribution < -0.4 is 4.72 Å². The van der Waals surface area contributed by atoms with Crippen molar-refractivity contribution in [2.24, 2.45) is 5.92 Å². The Bertz CT molecular complexity index is 627. The molecule has 1 saturated heterocycles. The highest BCUT2D eigenvalue weighted by Crippen LogP contribution is 2.28. The second-order valence-electron chi connectivity index (χ2n) is 4.82. The molecule has 1 aliphatic heterocycles. The van der Waals surface area contributed by atoms with Gasteiger partial charge in [0.05, 0.1) is 9.82 Å². The zero-order valence-corrected chi connectivity index (χ0v) is 12.8. The van der Waals surface area contributed by atoms with Crippen molar-refractivity contribution in [2.75, 3.05) is 18.1 Å². The van der Waals surface area contributed by atoms with Crippen LogP contribution in [0.3, 0.4) is 0 Å². The van der Waals surface area contributed by atoms with E-state index < -0.39 is 26.4 Å². The fraction of sp³-hybridized carbons (Fsp3) is 0.500. The van der Waals surface area contributed by atoms with Crippen LogP contribution in [-0.2, 0) is 10.0 Å². The first-order valence-corrected chi connectivity index (χ1v) is 9.09. The topological polar surface area (TPSA) is 110 Å². The molecule has 1 aliphatic rings. The molecule has 0 aromatic heterocycles. The highest BCUT2D eigenvalue weighted by Gasteiger charge is 2.22. The number of benzene rings is 1. The smallest absolute Gasteiger partial charge is 0.312 e. The number of phenols is 1. The molecule has 2 N–H and O–H groups in total. The molecule has 0 aliphatic carbocycles. The summed E-state index contributed by atoms with van der Waals surface area (Å²) < 4.78 is 26.8. The zero-order valence-electron chi connectivity index (χ0n) is 11.2. The maximum absolute atomic E-state index is 12.1. The van der Waals surface area contributed by atoms with E-state index in [0.29, 0.717) is 12.5 Å². The van der Waals surface area contributed by atoms with Crippen molar-refractivity contribution in [2.45, 2.75) is 17.7 Å². The summed E-state index contributed by atoms with van der Waals surface area (Å²) in [5, 5.41) is 20.1. The molecule has 0 saturated carbocycles. The number of aromatic hydroxyl groups is 1. The monoisotopic (exact) mass is 332 g/mol. The van der Waals surface area contributed by atoms with Gasteiger partial charge in [-0.3, -0.25) is 10.1 Å². The van der Waals surface area contributed by atoms with Crippen LogP contribution in [-0.4, -0.2) is 36.5 Å². The van der Waals surface area contributed by atoms with E-state index in [2.05, 4.69) is 4.72 Å². The molecule has 0 amide bonds. The van der Waals surface area contributed by atoms with Crippen LogP contribution in [0.2, 0.25) is 0 Å². The molecule has 2 rings (SSSR count). The minimum absolute atomic E-state index is 0.211. The average Bonchev–Trinajstić information content (AvgIpc) is 2.46. The predicted molar refractivity (Wildman–Crippen MR) is 80.0 cm³/mol. The molecule has 7 nitrogen and oxygen atoms in total. The number of hydrogen-bond acceptors (Lipinski definition) is 6. The molecule has 0 atom stereocenters. The van der Waals surface area contributed by atoms with Gasteiger partial charge in [-0.1, -0.05) is 0 Å². The van der Waals surface area contributed by atoms with E-state index in [1.54, 1.807) is 0 Å². The highest BCUT2D eigenvalue weighted by molar-refractivity contribution is 7.99. The van der Waals surface area contributed by atoms with E-state index in [-0.39, 0.29) is 4.90 Å². The van der Waals surface area contributed by atoms with Crippen LogP contribution in [0.1, 0.15) is 12.8 Å². The summed E-state index contributed by atoms with van der Waals surface area (Å²) in [6.07, 6.45) is 1.92. The number of nitro groups is 1. The number of hydrogen-bond donors (Lipinski definition) is 2. The molecule has 9 heteroatoms. The Morgan fingerprint density at radius 3 is 2.67 bits per heavy atom. The van der Waals surface area contributed by atoms with Gasteiger partial charge in [0.1, 0.15) is 0 Å². The lowest BCUT2D eigenvalue weighted by molar-refractivity contribution is -0.386. The van der Waals surface area contributed by atoms with Crippen molar-refractivity contribution in [3.05, 3.63) is 28.3 Å². The summed E-state index contributed by atoms with van der Waals surface area (Å²) >= 11 is 1.86. The predicted octanol–water partition coefficient (Wildman–Crippen LogP) is 1.72. The van der Waals surface area contributed by atoms with E-state index >= 15 is 0 Å².